The second-order valence-electron chi connectivity index (χ2n) is 4.74. The Kier molecular flexibility index (Phi) is 4.65. The summed E-state index contributed by atoms with van der Waals surface area (Å²) in [4.78, 5) is 9.08. The van der Waals surface area contributed by atoms with Crippen molar-refractivity contribution in [2.24, 2.45) is 0 Å². The summed E-state index contributed by atoms with van der Waals surface area (Å²) in [5.74, 6) is 0. The third-order valence-electron chi connectivity index (χ3n) is 3.07. The Balaban J connectivity index is 1.95. The van der Waals surface area contributed by atoms with Gasteiger partial charge in [0.2, 0.25) is 0 Å². The number of nitrogens with zero attached hydrogens (tertiary/aromatic N) is 2. The normalized spacial score (nSPS) is 12.8. The largest absolute Gasteiger partial charge is 0.314 e. The zero-order chi connectivity index (χ0) is 12.8. The van der Waals surface area contributed by atoms with Crippen LogP contribution in [0.3, 0.4) is 0 Å². The molecule has 0 spiro atoms. The molecule has 18 heavy (non-hydrogen) atoms. The molecule has 2 aromatic rings. The lowest BCUT2D eigenvalue weighted by Gasteiger charge is -2.12. The molecule has 0 aliphatic rings. The highest BCUT2D eigenvalue weighted by Crippen LogP contribution is 2.10. The molecule has 0 saturated heterocycles. The molecule has 1 atom stereocenters. The molecule has 0 fully saturated rings. The lowest BCUT2D eigenvalue weighted by atomic mass is 10.1. The number of aryl methyl sites for hydroxylation is 1. The van der Waals surface area contributed by atoms with Crippen LogP contribution < -0.4 is 5.32 Å². The fraction of sp³-hybridized carbons (Fsp3) is 0.467. The number of para-hydroxylation sites is 2. The Morgan fingerprint density at radius 3 is 2.78 bits per heavy atom. The molecular formula is C15H21N3. The monoisotopic (exact) mass is 243 g/mol. The average molecular weight is 243 g/mol. The number of benzene rings is 1. The van der Waals surface area contributed by atoms with Crippen LogP contribution in [-0.2, 0) is 6.42 Å². The van der Waals surface area contributed by atoms with Gasteiger partial charge in [0, 0.05) is 12.2 Å². The molecule has 0 bridgehead atoms. The smallest absolute Gasteiger partial charge is 0.0890 e. The van der Waals surface area contributed by atoms with E-state index >= 15 is 0 Å². The number of nitrogens with one attached hydrogen (secondary N) is 1. The van der Waals surface area contributed by atoms with Crippen molar-refractivity contribution in [1.82, 2.24) is 15.3 Å². The number of aromatic nitrogens is 2. The first-order chi connectivity index (χ1) is 8.79. The van der Waals surface area contributed by atoms with Crippen LogP contribution in [0.25, 0.3) is 11.0 Å². The van der Waals surface area contributed by atoms with Crippen molar-refractivity contribution in [3.63, 3.8) is 0 Å². The molecule has 1 aromatic carbocycles. The summed E-state index contributed by atoms with van der Waals surface area (Å²) in [5.41, 5.74) is 3.04. The molecule has 1 heterocycles. The molecule has 0 aliphatic heterocycles. The molecule has 1 aromatic heterocycles. The van der Waals surface area contributed by atoms with Gasteiger partial charge in [0.05, 0.1) is 16.7 Å². The van der Waals surface area contributed by atoms with Crippen molar-refractivity contribution in [3.05, 3.63) is 36.2 Å². The molecule has 2 rings (SSSR count). The Labute approximate surface area is 109 Å². The third-order valence-corrected chi connectivity index (χ3v) is 3.07. The zero-order valence-electron chi connectivity index (χ0n) is 11.2. The van der Waals surface area contributed by atoms with Gasteiger partial charge in [-0.25, -0.2) is 4.98 Å². The molecule has 1 unspecified atom stereocenters. The van der Waals surface area contributed by atoms with Crippen LogP contribution in [0.5, 0.6) is 0 Å². The molecular weight excluding hydrogens is 222 g/mol. The first kappa shape index (κ1) is 13.0. The number of hydrogen-bond acceptors (Lipinski definition) is 3. The van der Waals surface area contributed by atoms with Gasteiger partial charge >= 0.3 is 0 Å². The highest BCUT2D eigenvalue weighted by atomic mass is 14.9. The lowest BCUT2D eigenvalue weighted by molar-refractivity contribution is 0.511. The topological polar surface area (TPSA) is 37.8 Å². The summed E-state index contributed by atoms with van der Waals surface area (Å²) < 4.78 is 0. The van der Waals surface area contributed by atoms with Gasteiger partial charge in [0.1, 0.15) is 0 Å². The van der Waals surface area contributed by atoms with Crippen LogP contribution in [0.2, 0.25) is 0 Å². The summed E-state index contributed by atoms with van der Waals surface area (Å²) in [6.07, 6.45) is 5.16. The maximum atomic E-state index is 4.64. The molecule has 1 N–H and O–H groups in total. The van der Waals surface area contributed by atoms with Gasteiger partial charge in [-0.2, -0.15) is 0 Å². The van der Waals surface area contributed by atoms with Gasteiger partial charge in [0.25, 0.3) is 0 Å². The van der Waals surface area contributed by atoms with E-state index in [0.717, 1.165) is 36.1 Å². The summed E-state index contributed by atoms with van der Waals surface area (Å²) >= 11 is 0. The van der Waals surface area contributed by atoms with E-state index in [9.17, 15) is 0 Å². The molecule has 96 valence electrons. The quantitative estimate of drug-likeness (QED) is 0.847. The second kappa shape index (κ2) is 6.45. The fourth-order valence-corrected chi connectivity index (χ4v) is 1.97. The summed E-state index contributed by atoms with van der Waals surface area (Å²) in [5, 5.41) is 3.49. The molecule has 0 radical (unpaired) electrons. The summed E-state index contributed by atoms with van der Waals surface area (Å²) in [6.45, 7) is 5.50. The van der Waals surface area contributed by atoms with Crippen molar-refractivity contribution in [2.75, 3.05) is 6.54 Å². The van der Waals surface area contributed by atoms with Crippen LogP contribution in [0, 0.1) is 0 Å². The molecule has 3 nitrogen and oxygen atoms in total. The first-order valence-corrected chi connectivity index (χ1v) is 6.73. The van der Waals surface area contributed by atoms with E-state index in [-0.39, 0.29) is 0 Å². The molecule has 0 saturated carbocycles. The van der Waals surface area contributed by atoms with Crippen LogP contribution >= 0.6 is 0 Å². The Bertz CT molecular complexity index is 496. The van der Waals surface area contributed by atoms with Crippen molar-refractivity contribution in [3.8, 4) is 0 Å². The van der Waals surface area contributed by atoms with Crippen LogP contribution in [0.1, 0.15) is 32.4 Å². The third kappa shape index (κ3) is 3.50. The van der Waals surface area contributed by atoms with Crippen molar-refractivity contribution in [1.29, 1.82) is 0 Å². The van der Waals surface area contributed by atoms with E-state index in [2.05, 4.69) is 29.1 Å². The van der Waals surface area contributed by atoms with E-state index in [1.165, 1.54) is 6.42 Å². The van der Waals surface area contributed by atoms with Crippen molar-refractivity contribution >= 4 is 11.0 Å². The maximum Gasteiger partial charge on any atom is 0.0890 e. The second-order valence-corrected chi connectivity index (χ2v) is 4.74. The standard InChI is InChI=1S/C15H21N3/c1-3-10-16-12(2)8-9-13-11-17-14-6-4-5-7-15(14)18-13/h4-7,11-12,16H,3,8-10H2,1-2H3. The summed E-state index contributed by atoms with van der Waals surface area (Å²) in [7, 11) is 0. The number of hydrogen-bond donors (Lipinski definition) is 1. The van der Waals surface area contributed by atoms with Gasteiger partial charge in [0.15, 0.2) is 0 Å². The van der Waals surface area contributed by atoms with Crippen LogP contribution in [0.4, 0.5) is 0 Å². The SMILES string of the molecule is CCCNC(C)CCc1cnc2ccccc2n1. The predicted octanol–water partition coefficient (Wildman–Crippen LogP) is 2.95. The minimum absolute atomic E-state index is 0.540. The van der Waals surface area contributed by atoms with Gasteiger partial charge in [-0.3, -0.25) is 4.98 Å². The lowest BCUT2D eigenvalue weighted by Crippen LogP contribution is -2.27. The van der Waals surface area contributed by atoms with E-state index in [4.69, 9.17) is 0 Å². The van der Waals surface area contributed by atoms with Crippen LogP contribution in [0.15, 0.2) is 30.5 Å². The van der Waals surface area contributed by atoms with E-state index < -0.39 is 0 Å². The van der Waals surface area contributed by atoms with Gasteiger partial charge in [-0.15, -0.1) is 0 Å². The molecule has 0 amide bonds. The number of rotatable bonds is 6. The predicted molar refractivity (Wildman–Crippen MR) is 75.6 cm³/mol. The average Bonchev–Trinajstić information content (AvgIpc) is 2.42. The Morgan fingerprint density at radius 2 is 2.00 bits per heavy atom. The van der Waals surface area contributed by atoms with Gasteiger partial charge < -0.3 is 5.32 Å². The highest BCUT2D eigenvalue weighted by molar-refractivity contribution is 5.73. The van der Waals surface area contributed by atoms with E-state index in [0.29, 0.717) is 6.04 Å². The van der Waals surface area contributed by atoms with E-state index in [1.54, 1.807) is 0 Å². The number of fused-ring (bicyclic) bond motifs is 1. The maximum absolute atomic E-state index is 4.64. The van der Waals surface area contributed by atoms with Gasteiger partial charge in [-0.1, -0.05) is 19.1 Å². The minimum atomic E-state index is 0.540. The van der Waals surface area contributed by atoms with Crippen molar-refractivity contribution < 1.29 is 0 Å². The van der Waals surface area contributed by atoms with Gasteiger partial charge in [-0.05, 0) is 44.9 Å². The molecule has 0 aliphatic carbocycles. The Hall–Kier alpha value is -1.48. The molecule has 3 heteroatoms. The Morgan fingerprint density at radius 1 is 1.22 bits per heavy atom. The minimum Gasteiger partial charge on any atom is -0.314 e. The fourth-order valence-electron chi connectivity index (χ4n) is 1.97. The van der Waals surface area contributed by atoms with E-state index in [1.807, 2.05) is 30.5 Å². The zero-order valence-corrected chi connectivity index (χ0v) is 11.2. The van der Waals surface area contributed by atoms with Crippen LogP contribution in [-0.4, -0.2) is 22.6 Å². The van der Waals surface area contributed by atoms with Crippen molar-refractivity contribution in [2.45, 2.75) is 39.2 Å². The highest BCUT2D eigenvalue weighted by Gasteiger charge is 2.03. The first-order valence-electron chi connectivity index (χ1n) is 6.73. The summed E-state index contributed by atoms with van der Waals surface area (Å²) in [6, 6.07) is 8.56.